The minimum atomic E-state index is -0.613. The van der Waals surface area contributed by atoms with Gasteiger partial charge in [-0.2, -0.15) is 0 Å². The van der Waals surface area contributed by atoms with Crippen LogP contribution in [0.1, 0.15) is 64.7 Å². The smallest absolute Gasteiger partial charge is 0.310 e. The number of hydrogen-bond acceptors (Lipinski definition) is 2. The molecule has 1 atom stereocenters. The molecule has 1 saturated carbocycles. The summed E-state index contributed by atoms with van der Waals surface area (Å²) in [5.74, 6) is -0.613. The largest absolute Gasteiger partial charge is 0.481 e. The van der Waals surface area contributed by atoms with Crippen molar-refractivity contribution in [2.24, 2.45) is 5.41 Å². The molecule has 1 saturated heterocycles. The normalized spacial score (nSPS) is 32.7. The molecule has 0 bridgehead atoms. The third-order valence-electron chi connectivity index (χ3n) is 4.83. The van der Waals surface area contributed by atoms with Gasteiger partial charge in [0.05, 0.1) is 5.41 Å². The quantitative estimate of drug-likeness (QED) is 0.821. The molecule has 0 spiro atoms. The van der Waals surface area contributed by atoms with Gasteiger partial charge in [-0.25, -0.2) is 0 Å². The summed E-state index contributed by atoms with van der Waals surface area (Å²) in [4.78, 5) is 13.9. The fourth-order valence-corrected chi connectivity index (χ4v) is 3.56. The van der Waals surface area contributed by atoms with Gasteiger partial charge in [-0.1, -0.05) is 32.1 Å². The molecule has 0 radical (unpaired) electrons. The maximum atomic E-state index is 11.4. The van der Waals surface area contributed by atoms with E-state index in [9.17, 15) is 9.90 Å². The van der Waals surface area contributed by atoms with E-state index in [2.05, 4.69) is 4.90 Å². The van der Waals surface area contributed by atoms with Crippen molar-refractivity contribution < 1.29 is 9.90 Å². The second-order valence-corrected chi connectivity index (χ2v) is 6.44. The zero-order chi connectivity index (χ0) is 13.0. The lowest BCUT2D eigenvalue weighted by Crippen LogP contribution is -2.50. The second-order valence-electron chi connectivity index (χ2n) is 6.44. The maximum absolute atomic E-state index is 11.4. The highest BCUT2D eigenvalue weighted by atomic mass is 16.4. The van der Waals surface area contributed by atoms with Crippen LogP contribution >= 0.6 is 0 Å². The molecule has 0 aromatic carbocycles. The Morgan fingerprint density at radius 3 is 2.33 bits per heavy atom. The SMILES string of the molecule is CC1(C(=O)O)CCCN(C2CCCCCCC2)C1. The Labute approximate surface area is 111 Å². The van der Waals surface area contributed by atoms with Crippen molar-refractivity contribution >= 4 is 5.97 Å². The Morgan fingerprint density at radius 2 is 1.72 bits per heavy atom. The van der Waals surface area contributed by atoms with Gasteiger partial charge in [0.15, 0.2) is 0 Å². The summed E-state index contributed by atoms with van der Waals surface area (Å²) >= 11 is 0. The monoisotopic (exact) mass is 253 g/mol. The summed E-state index contributed by atoms with van der Waals surface area (Å²) in [7, 11) is 0. The molecule has 3 nitrogen and oxygen atoms in total. The van der Waals surface area contributed by atoms with Crippen molar-refractivity contribution in [1.29, 1.82) is 0 Å². The minimum absolute atomic E-state index is 0.513. The highest BCUT2D eigenvalue weighted by Gasteiger charge is 2.39. The minimum Gasteiger partial charge on any atom is -0.481 e. The molecule has 1 heterocycles. The molecule has 18 heavy (non-hydrogen) atoms. The molecule has 0 amide bonds. The molecular formula is C15H27NO2. The van der Waals surface area contributed by atoms with E-state index in [1.165, 1.54) is 44.9 Å². The third-order valence-corrected chi connectivity index (χ3v) is 4.83. The van der Waals surface area contributed by atoms with Crippen LogP contribution < -0.4 is 0 Å². The highest BCUT2D eigenvalue weighted by molar-refractivity contribution is 5.74. The van der Waals surface area contributed by atoms with E-state index < -0.39 is 11.4 Å². The van der Waals surface area contributed by atoms with Crippen molar-refractivity contribution in [3.63, 3.8) is 0 Å². The van der Waals surface area contributed by atoms with Gasteiger partial charge in [0, 0.05) is 12.6 Å². The van der Waals surface area contributed by atoms with E-state index >= 15 is 0 Å². The van der Waals surface area contributed by atoms with Crippen LogP contribution in [0.3, 0.4) is 0 Å². The van der Waals surface area contributed by atoms with Crippen LogP contribution in [0.2, 0.25) is 0 Å². The summed E-state index contributed by atoms with van der Waals surface area (Å²) < 4.78 is 0. The molecule has 3 heteroatoms. The highest BCUT2D eigenvalue weighted by Crippen LogP contribution is 2.33. The molecule has 1 unspecified atom stereocenters. The van der Waals surface area contributed by atoms with Crippen molar-refractivity contribution in [3.05, 3.63) is 0 Å². The number of aliphatic carboxylic acids is 1. The van der Waals surface area contributed by atoms with Crippen molar-refractivity contribution in [1.82, 2.24) is 4.90 Å². The molecule has 104 valence electrons. The average Bonchev–Trinajstić information content (AvgIpc) is 2.28. The predicted octanol–water partition coefficient (Wildman–Crippen LogP) is 3.29. The number of likely N-dealkylation sites (tertiary alicyclic amines) is 1. The molecule has 1 N–H and O–H groups in total. The van der Waals surface area contributed by atoms with E-state index in [1.807, 2.05) is 6.92 Å². The summed E-state index contributed by atoms with van der Waals surface area (Å²) in [6, 6.07) is 0.643. The number of rotatable bonds is 2. The van der Waals surface area contributed by atoms with Crippen LogP contribution in [-0.2, 0) is 4.79 Å². The van der Waals surface area contributed by atoms with Crippen LogP contribution in [0.15, 0.2) is 0 Å². The maximum Gasteiger partial charge on any atom is 0.310 e. The van der Waals surface area contributed by atoms with Gasteiger partial charge in [-0.15, -0.1) is 0 Å². The summed E-state index contributed by atoms with van der Waals surface area (Å²) in [6.07, 6.45) is 11.2. The van der Waals surface area contributed by atoms with E-state index in [-0.39, 0.29) is 0 Å². The van der Waals surface area contributed by atoms with Gasteiger partial charge in [-0.3, -0.25) is 9.69 Å². The number of carboxylic acid groups (broad SMARTS) is 1. The molecule has 2 fully saturated rings. The lowest BCUT2D eigenvalue weighted by atomic mass is 9.80. The number of piperidine rings is 1. The van der Waals surface area contributed by atoms with Gasteiger partial charge in [-0.05, 0) is 39.2 Å². The first-order chi connectivity index (χ1) is 8.62. The predicted molar refractivity (Wildman–Crippen MR) is 72.7 cm³/mol. The van der Waals surface area contributed by atoms with Gasteiger partial charge < -0.3 is 5.11 Å². The average molecular weight is 253 g/mol. The molecule has 0 aromatic heterocycles. The van der Waals surface area contributed by atoms with E-state index in [0.29, 0.717) is 6.04 Å². The van der Waals surface area contributed by atoms with Gasteiger partial charge in [0.25, 0.3) is 0 Å². The van der Waals surface area contributed by atoms with Crippen molar-refractivity contribution in [2.45, 2.75) is 70.8 Å². The first-order valence-electron chi connectivity index (χ1n) is 7.59. The van der Waals surface area contributed by atoms with Crippen molar-refractivity contribution in [2.75, 3.05) is 13.1 Å². The topological polar surface area (TPSA) is 40.5 Å². The Balaban J connectivity index is 1.96. The first kappa shape index (κ1) is 13.9. The van der Waals surface area contributed by atoms with Crippen molar-refractivity contribution in [3.8, 4) is 0 Å². The molecular weight excluding hydrogens is 226 g/mol. The van der Waals surface area contributed by atoms with Crippen LogP contribution in [0.4, 0.5) is 0 Å². The molecule has 0 aromatic rings. The van der Waals surface area contributed by atoms with Crippen LogP contribution in [0.5, 0.6) is 0 Å². The second kappa shape index (κ2) is 6.05. The lowest BCUT2D eigenvalue weighted by Gasteiger charge is -2.42. The van der Waals surface area contributed by atoms with Crippen LogP contribution in [0, 0.1) is 5.41 Å². The molecule has 2 aliphatic rings. The number of carbonyl (C=O) groups is 1. The summed E-state index contributed by atoms with van der Waals surface area (Å²) in [5.41, 5.74) is -0.513. The zero-order valence-corrected chi connectivity index (χ0v) is 11.7. The number of nitrogens with zero attached hydrogens (tertiary/aromatic N) is 1. The molecule has 2 rings (SSSR count). The Kier molecular flexibility index (Phi) is 4.66. The Morgan fingerprint density at radius 1 is 1.11 bits per heavy atom. The van der Waals surface area contributed by atoms with Crippen LogP contribution in [-0.4, -0.2) is 35.1 Å². The number of carboxylic acids is 1. The van der Waals surface area contributed by atoms with Gasteiger partial charge >= 0.3 is 5.97 Å². The van der Waals surface area contributed by atoms with Gasteiger partial charge in [0.1, 0.15) is 0 Å². The summed E-state index contributed by atoms with van der Waals surface area (Å²) in [6.45, 7) is 3.78. The Hall–Kier alpha value is -0.570. The molecule has 1 aliphatic heterocycles. The lowest BCUT2D eigenvalue weighted by molar-refractivity contribution is -0.151. The summed E-state index contributed by atoms with van der Waals surface area (Å²) in [5, 5.41) is 9.39. The van der Waals surface area contributed by atoms with E-state index in [4.69, 9.17) is 0 Å². The van der Waals surface area contributed by atoms with Gasteiger partial charge in [0.2, 0.25) is 0 Å². The fourth-order valence-electron chi connectivity index (χ4n) is 3.56. The van der Waals surface area contributed by atoms with E-state index in [0.717, 1.165) is 25.9 Å². The first-order valence-corrected chi connectivity index (χ1v) is 7.59. The number of hydrogen-bond donors (Lipinski definition) is 1. The fraction of sp³-hybridized carbons (Fsp3) is 0.933. The van der Waals surface area contributed by atoms with E-state index in [1.54, 1.807) is 0 Å². The standard InChI is InChI=1S/C15H27NO2/c1-15(14(17)18)10-7-11-16(12-15)13-8-5-3-2-4-6-9-13/h13H,2-12H2,1H3,(H,17,18). The third kappa shape index (κ3) is 3.25. The zero-order valence-electron chi connectivity index (χ0n) is 11.7. The molecule has 1 aliphatic carbocycles. The van der Waals surface area contributed by atoms with Crippen LogP contribution in [0.25, 0.3) is 0 Å². The Bertz CT molecular complexity index is 284.